The van der Waals surface area contributed by atoms with Crippen molar-refractivity contribution in [2.75, 3.05) is 5.75 Å². The van der Waals surface area contributed by atoms with E-state index in [9.17, 15) is 19.5 Å². The van der Waals surface area contributed by atoms with Gasteiger partial charge in [0.2, 0.25) is 11.8 Å². The van der Waals surface area contributed by atoms with Crippen molar-refractivity contribution in [3.05, 3.63) is 18.5 Å². The maximum Gasteiger partial charge on any atom is 1.00 e. The quantitative estimate of drug-likeness (QED) is 0.323. The summed E-state index contributed by atoms with van der Waals surface area (Å²) in [6, 6.07) is -1.89. The number of hydrogen-bond acceptors (Lipinski definition) is 8. The fraction of sp³-hybridized carbons (Fsp3) is 0.455. The second kappa shape index (κ2) is 6.99. The van der Waals surface area contributed by atoms with Crippen molar-refractivity contribution in [1.82, 2.24) is 30.4 Å². The Morgan fingerprint density at radius 2 is 2.26 bits per heavy atom. The average molecular weight is 346 g/mol. The number of tetrazole rings is 1. The minimum Gasteiger partial charge on any atom is -0.548 e. The molecule has 2 aliphatic rings. The van der Waals surface area contributed by atoms with E-state index in [-0.39, 0.29) is 36.1 Å². The van der Waals surface area contributed by atoms with Gasteiger partial charge in [0.1, 0.15) is 24.3 Å². The smallest absolute Gasteiger partial charge is 0.548 e. The van der Waals surface area contributed by atoms with E-state index in [2.05, 4.69) is 27.4 Å². The van der Waals surface area contributed by atoms with Gasteiger partial charge in [-0.25, -0.2) is 4.68 Å². The van der Waals surface area contributed by atoms with Gasteiger partial charge >= 0.3 is 29.6 Å². The van der Waals surface area contributed by atoms with Crippen molar-refractivity contribution >= 4 is 29.5 Å². The van der Waals surface area contributed by atoms with Crippen molar-refractivity contribution in [1.29, 1.82) is 0 Å². The number of aliphatic carboxylic acids is 1. The first-order chi connectivity index (χ1) is 10.5. The maximum atomic E-state index is 12.1. The van der Waals surface area contributed by atoms with Crippen LogP contribution < -0.4 is 40.0 Å². The molecule has 2 fully saturated rings. The molecule has 12 heteroatoms. The number of carboxylic acid groups (broad SMARTS) is 1. The van der Waals surface area contributed by atoms with E-state index in [0.717, 1.165) is 0 Å². The molecule has 1 N–H and O–H groups in total. The topological polar surface area (TPSA) is 133 Å². The molecule has 2 amide bonds. The number of nitrogens with one attached hydrogen (secondary N) is 1. The van der Waals surface area contributed by atoms with Crippen LogP contribution in [0.1, 0.15) is 0 Å². The van der Waals surface area contributed by atoms with Crippen LogP contribution in [0.2, 0.25) is 0 Å². The summed E-state index contributed by atoms with van der Waals surface area (Å²) in [5.41, 5.74) is 0.410. The molecule has 3 heterocycles. The van der Waals surface area contributed by atoms with Crippen LogP contribution in [0.15, 0.2) is 18.5 Å². The van der Waals surface area contributed by atoms with E-state index >= 15 is 0 Å². The number of nitrogens with zero attached hydrogens (tertiary/aromatic N) is 5. The molecular weight excluding hydrogens is 335 g/mol. The van der Waals surface area contributed by atoms with Gasteiger partial charge in [-0.2, -0.15) is 0 Å². The Kier molecular flexibility index (Phi) is 5.45. The summed E-state index contributed by atoms with van der Waals surface area (Å²) in [6.45, 7) is 3.54. The maximum absolute atomic E-state index is 12.1. The Morgan fingerprint density at radius 1 is 1.52 bits per heavy atom. The van der Waals surface area contributed by atoms with Crippen molar-refractivity contribution in [2.24, 2.45) is 0 Å². The van der Waals surface area contributed by atoms with Gasteiger partial charge in [0.15, 0.2) is 0 Å². The van der Waals surface area contributed by atoms with Crippen LogP contribution in [0.3, 0.4) is 0 Å². The SMILES string of the molecule is C=C1CS[C@@H]2C(NC(=O)Cn3cnnn3)C(=O)N2C1C(=O)[O-].[Na+]. The van der Waals surface area contributed by atoms with Crippen molar-refractivity contribution < 1.29 is 49.0 Å². The molecule has 2 saturated heterocycles. The van der Waals surface area contributed by atoms with Gasteiger partial charge in [0.25, 0.3) is 0 Å². The van der Waals surface area contributed by atoms with Crippen LogP contribution in [0, 0.1) is 0 Å². The third-order valence-electron chi connectivity index (χ3n) is 3.42. The van der Waals surface area contributed by atoms with Gasteiger partial charge < -0.3 is 20.1 Å². The zero-order valence-corrected chi connectivity index (χ0v) is 15.0. The summed E-state index contributed by atoms with van der Waals surface area (Å²) >= 11 is 1.36. The van der Waals surface area contributed by atoms with Crippen molar-refractivity contribution in [3.63, 3.8) is 0 Å². The van der Waals surface area contributed by atoms with Crippen LogP contribution in [0.25, 0.3) is 0 Å². The van der Waals surface area contributed by atoms with Crippen LogP contribution >= 0.6 is 11.8 Å². The monoisotopic (exact) mass is 346 g/mol. The summed E-state index contributed by atoms with van der Waals surface area (Å²) in [4.78, 5) is 36.3. The number of carbonyl (C=O) groups is 3. The normalized spacial score (nSPS) is 25.9. The van der Waals surface area contributed by atoms with E-state index in [1.807, 2.05) is 0 Å². The standard InChI is InChI=1S/C11H12N6O4S.Na/c1-5-3-22-10-7(9(19)17(10)8(5)11(20)21)13-6(18)2-16-4-12-14-15-16;/h4,7-8,10H,1-3H2,(H,13,18)(H,20,21);/q;+1/p-1/t7?,8?,10-;/m1./s1. The predicted molar refractivity (Wildman–Crippen MR) is 70.8 cm³/mol. The minimum absolute atomic E-state index is 0. The second-order valence-corrected chi connectivity index (χ2v) is 5.98. The molecule has 23 heavy (non-hydrogen) atoms. The number of amides is 2. The number of carboxylic acids is 1. The molecule has 2 unspecified atom stereocenters. The summed E-state index contributed by atoms with van der Waals surface area (Å²) in [7, 11) is 0. The minimum atomic E-state index is -1.36. The average Bonchev–Trinajstić information content (AvgIpc) is 2.97. The number of hydrogen-bond donors (Lipinski definition) is 1. The first-order valence-corrected chi connectivity index (χ1v) is 7.36. The van der Waals surface area contributed by atoms with Crippen LogP contribution in [0.4, 0.5) is 0 Å². The van der Waals surface area contributed by atoms with E-state index in [1.54, 1.807) is 0 Å². The van der Waals surface area contributed by atoms with Gasteiger partial charge in [-0.05, 0) is 16.0 Å². The molecule has 0 aromatic carbocycles. The largest absolute Gasteiger partial charge is 1.00 e. The van der Waals surface area contributed by atoms with Crippen LogP contribution in [-0.4, -0.2) is 66.1 Å². The summed E-state index contributed by atoms with van der Waals surface area (Å²) < 4.78 is 1.22. The molecular formula is C11H11N6NaO4S. The fourth-order valence-corrected chi connectivity index (χ4v) is 3.74. The predicted octanol–water partition coefficient (Wildman–Crippen LogP) is -6.25. The molecule has 0 aliphatic carbocycles. The van der Waals surface area contributed by atoms with E-state index in [1.165, 1.54) is 27.7 Å². The Morgan fingerprint density at radius 3 is 2.87 bits per heavy atom. The Labute approximate surface area is 156 Å². The second-order valence-electron chi connectivity index (χ2n) is 4.88. The first kappa shape index (κ1) is 17.9. The first-order valence-electron chi connectivity index (χ1n) is 6.31. The Hall–Kier alpha value is -1.43. The van der Waals surface area contributed by atoms with Gasteiger partial charge in [-0.3, -0.25) is 9.59 Å². The molecule has 0 spiro atoms. The van der Waals surface area contributed by atoms with Gasteiger partial charge in [0, 0.05) is 5.75 Å². The molecule has 0 radical (unpaired) electrons. The summed E-state index contributed by atoms with van der Waals surface area (Å²) in [6.07, 6.45) is 1.28. The van der Waals surface area contributed by atoms with Gasteiger partial charge in [-0.1, -0.05) is 6.58 Å². The molecule has 3 rings (SSSR count). The molecule has 2 aliphatic heterocycles. The van der Waals surface area contributed by atoms with Crippen molar-refractivity contribution in [3.8, 4) is 0 Å². The summed E-state index contributed by atoms with van der Waals surface area (Å²) in [5, 5.41) is 23.6. The fourth-order valence-electron chi connectivity index (χ4n) is 2.44. The molecule has 0 bridgehead atoms. The number of rotatable bonds is 4. The molecule has 0 saturated carbocycles. The summed E-state index contributed by atoms with van der Waals surface area (Å²) in [5.74, 6) is -1.85. The zero-order chi connectivity index (χ0) is 15.9. The number of fused-ring (bicyclic) bond motifs is 1. The van der Waals surface area contributed by atoms with E-state index in [4.69, 9.17) is 0 Å². The number of thioether (sulfide) groups is 1. The van der Waals surface area contributed by atoms with Crippen LogP contribution in [0.5, 0.6) is 0 Å². The molecule has 116 valence electrons. The van der Waals surface area contributed by atoms with E-state index in [0.29, 0.717) is 11.3 Å². The van der Waals surface area contributed by atoms with Crippen molar-refractivity contribution in [2.45, 2.75) is 24.0 Å². The van der Waals surface area contributed by atoms with Gasteiger partial charge in [-0.15, -0.1) is 16.9 Å². The Balaban J connectivity index is 0.00000192. The number of aromatic nitrogens is 4. The van der Waals surface area contributed by atoms with E-state index < -0.39 is 35.2 Å². The third kappa shape index (κ3) is 3.27. The van der Waals surface area contributed by atoms with Gasteiger partial charge in [0.05, 0.1) is 12.0 Å². The number of β-lactam (4-membered cyclic amide) rings is 1. The molecule has 10 nitrogen and oxygen atoms in total. The third-order valence-corrected chi connectivity index (χ3v) is 4.80. The van der Waals surface area contributed by atoms with Crippen LogP contribution in [-0.2, 0) is 20.9 Å². The molecule has 3 atom stereocenters. The Bertz CT molecular complexity index is 653. The number of carbonyl (C=O) groups excluding carboxylic acids is 3. The zero-order valence-electron chi connectivity index (χ0n) is 12.2. The molecule has 1 aromatic heterocycles. The molecule has 1 aromatic rings.